The van der Waals surface area contributed by atoms with Gasteiger partial charge in [-0.2, -0.15) is 0 Å². The van der Waals surface area contributed by atoms with Crippen molar-refractivity contribution in [2.75, 3.05) is 20.1 Å². The normalized spacial score (nSPS) is 13.9. The van der Waals surface area contributed by atoms with E-state index < -0.39 is 0 Å². The summed E-state index contributed by atoms with van der Waals surface area (Å²) in [5, 5.41) is 7.49. The van der Waals surface area contributed by atoms with Crippen LogP contribution in [0.2, 0.25) is 5.02 Å². The number of aliphatic imine (C=N–C) groups is 1. The van der Waals surface area contributed by atoms with Crippen molar-refractivity contribution in [1.82, 2.24) is 15.5 Å². The zero-order valence-corrected chi connectivity index (χ0v) is 19.7. The predicted molar refractivity (Wildman–Crippen MR) is 130 cm³/mol. The number of guanidine groups is 1. The first-order valence-corrected chi connectivity index (χ1v) is 10.1. The maximum atomic E-state index is 11.9. The van der Waals surface area contributed by atoms with E-state index in [2.05, 4.69) is 27.8 Å². The zero-order chi connectivity index (χ0) is 19.8. The van der Waals surface area contributed by atoms with Crippen LogP contribution in [0, 0.1) is 0 Å². The predicted octanol–water partition coefficient (Wildman–Crippen LogP) is 3.99. The quantitative estimate of drug-likeness (QED) is 0.326. The molecule has 3 rings (SSSR count). The number of carbonyl (C=O) groups is 1. The van der Waals surface area contributed by atoms with Crippen LogP contribution in [0.15, 0.2) is 53.5 Å². The number of likely N-dealkylation sites (tertiary alicyclic amines) is 1. The van der Waals surface area contributed by atoms with Gasteiger partial charge in [0, 0.05) is 44.7 Å². The van der Waals surface area contributed by atoms with Crippen LogP contribution in [0.3, 0.4) is 0 Å². The van der Waals surface area contributed by atoms with Crippen LogP contribution in [-0.2, 0) is 24.3 Å². The Kier molecular flexibility index (Phi) is 9.73. The zero-order valence-electron chi connectivity index (χ0n) is 16.7. The molecule has 1 aliphatic rings. The third-order valence-corrected chi connectivity index (χ3v) is 5.33. The Balaban J connectivity index is 0.00000300. The summed E-state index contributed by atoms with van der Waals surface area (Å²) in [6.07, 6.45) is 2.46. The molecule has 0 spiro atoms. The van der Waals surface area contributed by atoms with E-state index in [-0.39, 0.29) is 29.9 Å². The lowest BCUT2D eigenvalue weighted by molar-refractivity contribution is -0.128. The van der Waals surface area contributed by atoms with Crippen molar-refractivity contribution < 1.29 is 4.79 Å². The molecule has 29 heavy (non-hydrogen) atoms. The van der Waals surface area contributed by atoms with E-state index in [9.17, 15) is 4.79 Å². The molecule has 0 unspecified atom stereocenters. The number of hydrogen-bond donors (Lipinski definition) is 2. The molecule has 1 fully saturated rings. The SMILES string of the molecule is CN=C(NCCc1ccccc1Cl)NCc1ccccc1CN1CCCC1=O.I. The monoisotopic (exact) mass is 526 g/mol. The highest BCUT2D eigenvalue weighted by Gasteiger charge is 2.20. The van der Waals surface area contributed by atoms with Crippen molar-refractivity contribution in [2.45, 2.75) is 32.4 Å². The van der Waals surface area contributed by atoms with Gasteiger partial charge in [0.2, 0.25) is 5.91 Å². The molecule has 1 saturated heterocycles. The Labute approximate surface area is 194 Å². The van der Waals surface area contributed by atoms with E-state index in [1.54, 1.807) is 7.05 Å². The van der Waals surface area contributed by atoms with Gasteiger partial charge in [0.25, 0.3) is 0 Å². The molecule has 156 valence electrons. The lowest BCUT2D eigenvalue weighted by atomic mass is 10.1. The molecule has 2 N–H and O–H groups in total. The molecular formula is C22H28ClIN4O. The third kappa shape index (κ3) is 6.89. The first-order valence-electron chi connectivity index (χ1n) is 9.70. The van der Waals surface area contributed by atoms with Crippen LogP contribution in [0.4, 0.5) is 0 Å². The number of nitrogens with one attached hydrogen (secondary N) is 2. The number of rotatable bonds is 7. The highest BCUT2D eigenvalue weighted by atomic mass is 127. The number of nitrogens with zero attached hydrogens (tertiary/aromatic N) is 2. The van der Waals surface area contributed by atoms with E-state index in [0.29, 0.717) is 19.5 Å². The third-order valence-electron chi connectivity index (χ3n) is 4.97. The molecule has 0 bridgehead atoms. The largest absolute Gasteiger partial charge is 0.356 e. The molecule has 5 nitrogen and oxygen atoms in total. The van der Waals surface area contributed by atoms with Crippen LogP contribution >= 0.6 is 35.6 Å². The molecule has 0 saturated carbocycles. The fourth-order valence-corrected chi connectivity index (χ4v) is 3.61. The average molecular weight is 527 g/mol. The summed E-state index contributed by atoms with van der Waals surface area (Å²) in [5.74, 6) is 0.999. The Bertz CT molecular complexity index is 843. The number of amides is 1. The highest BCUT2D eigenvalue weighted by molar-refractivity contribution is 14.0. The van der Waals surface area contributed by atoms with Crippen LogP contribution in [0.1, 0.15) is 29.5 Å². The van der Waals surface area contributed by atoms with Gasteiger partial charge >= 0.3 is 0 Å². The Morgan fingerprint density at radius 1 is 1.07 bits per heavy atom. The molecular weight excluding hydrogens is 499 g/mol. The van der Waals surface area contributed by atoms with E-state index in [4.69, 9.17) is 11.6 Å². The van der Waals surface area contributed by atoms with Gasteiger partial charge in [-0.25, -0.2) is 0 Å². The summed E-state index contributed by atoms with van der Waals surface area (Å²) in [7, 11) is 1.76. The molecule has 0 aromatic heterocycles. The lowest BCUT2D eigenvalue weighted by Crippen LogP contribution is -2.38. The van der Waals surface area contributed by atoms with E-state index in [1.165, 1.54) is 11.1 Å². The second kappa shape index (κ2) is 12.0. The second-order valence-electron chi connectivity index (χ2n) is 6.88. The van der Waals surface area contributed by atoms with Gasteiger partial charge in [-0.15, -0.1) is 24.0 Å². The Hall–Kier alpha value is -1.80. The number of halogens is 2. The van der Waals surface area contributed by atoms with Crippen molar-refractivity contribution in [1.29, 1.82) is 0 Å². The van der Waals surface area contributed by atoms with Crippen molar-refractivity contribution >= 4 is 47.4 Å². The summed E-state index contributed by atoms with van der Waals surface area (Å²) >= 11 is 6.21. The fraction of sp³-hybridized carbons (Fsp3) is 0.364. The molecule has 2 aromatic rings. The van der Waals surface area contributed by atoms with Gasteiger partial charge < -0.3 is 15.5 Å². The maximum Gasteiger partial charge on any atom is 0.222 e. The molecule has 0 aliphatic carbocycles. The van der Waals surface area contributed by atoms with Crippen LogP contribution in [0.5, 0.6) is 0 Å². The minimum absolute atomic E-state index is 0. The maximum absolute atomic E-state index is 11.9. The Morgan fingerprint density at radius 3 is 2.41 bits per heavy atom. The smallest absolute Gasteiger partial charge is 0.222 e. The van der Waals surface area contributed by atoms with Gasteiger partial charge in [0.1, 0.15) is 0 Å². The van der Waals surface area contributed by atoms with Gasteiger partial charge in [-0.1, -0.05) is 54.1 Å². The lowest BCUT2D eigenvalue weighted by Gasteiger charge is -2.19. The van der Waals surface area contributed by atoms with Gasteiger partial charge in [-0.3, -0.25) is 9.79 Å². The van der Waals surface area contributed by atoms with Gasteiger partial charge in [0.05, 0.1) is 0 Å². The molecule has 1 amide bonds. The van der Waals surface area contributed by atoms with Crippen molar-refractivity contribution in [3.63, 3.8) is 0 Å². The number of benzene rings is 2. The van der Waals surface area contributed by atoms with E-state index >= 15 is 0 Å². The van der Waals surface area contributed by atoms with E-state index in [1.807, 2.05) is 41.3 Å². The topological polar surface area (TPSA) is 56.7 Å². The second-order valence-corrected chi connectivity index (χ2v) is 7.29. The van der Waals surface area contributed by atoms with E-state index in [0.717, 1.165) is 42.5 Å². The first-order chi connectivity index (χ1) is 13.7. The summed E-state index contributed by atoms with van der Waals surface area (Å²) in [4.78, 5) is 18.2. The number of hydrogen-bond acceptors (Lipinski definition) is 2. The summed E-state index contributed by atoms with van der Waals surface area (Å²) in [5.41, 5.74) is 3.47. The molecule has 0 atom stereocenters. The van der Waals surface area contributed by atoms with Gasteiger partial charge in [0.15, 0.2) is 5.96 Å². The van der Waals surface area contributed by atoms with Crippen LogP contribution < -0.4 is 10.6 Å². The summed E-state index contributed by atoms with van der Waals surface area (Å²) in [6.45, 7) is 2.93. The van der Waals surface area contributed by atoms with Gasteiger partial charge in [-0.05, 0) is 35.6 Å². The number of carbonyl (C=O) groups excluding carboxylic acids is 1. The summed E-state index contributed by atoms with van der Waals surface area (Å²) in [6, 6.07) is 16.1. The molecule has 0 radical (unpaired) electrons. The molecule has 2 aromatic carbocycles. The average Bonchev–Trinajstić information content (AvgIpc) is 3.11. The first kappa shape index (κ1) is 23.5. The molecule has 1 aliphatic heterocycles. The summed E-state index contributed by atoms with van der Waals surface area (Å²) < 4.78 is 0. The van der Waals surface area contributed by atoms with Crippen molar-refractivity contribution in [3.8, 4) is 0 Å². The fourth-order valence-electron chi connectivity index (χ4n) is 3.38. The van der Waals surface area contributed by atoms with Crippen LogP contribution in [-0.4, -0.2) is 36.9 Å². The highest BCUT2D eigenvalue weighted by Crippen LogP contribution is 2.17. The molecule has 7 heteroatoms. The minimum atomic E-state index is 0. The van der Waals surface area contributed by atoms with Crippen molar-refractivity contribution in [2.24, 2.45) is 4.99 Å². The van der Waals surface area contributed by atoms with Crippen LogP contribution in [0.25, 0.3) is 0 Å². The standard InChI is InChI=1S/C22H27ClN4O.HI/c1-24-22(25-13-12-17-7-4-5-10-20(17)23)26-15-18-8-2-3-9-19(18)16-27-14-6-11-21(27)28;/h2-5,7-10H,6,11-16H2,1H3,(H2,24,25,26);1H. The Morgan fingerprint density at radius 2 is 1.76 bits per heavy atom. The minimum Gasteiger partial charge on any atom is -0.356 e. The van der Waals surface area contributed by atoms with Crippen molar-refractivity contribution in [3.05, 3.63) is 70.2 Å². The molecule has 1 heterocycles.